The predicted molar refractivity (Wildman–Crippen MR) is 589 cm³/mol. The predicted octanol–water partition coefficient (Wildman–Crippen LogP) is 41.5. The number of rotatable bonds is 3. The van der Waals surface area contributed by atoms with E-state index in [0.717, 1.165) is 79.6 Å². The van der Waals surface area contributed by atoms with Crippen LogP contribution >= 0.6 is 104 Å². The second-order valence-corrected chi connectivity index (χ2v) is 39.0. The van der Waals surface area contributed by atoms with Crippen LogP contribution in [0, 0.1) is 163 Å². The molecule has 0 radical (unpaired) electrons. The number of alkyl halides is 10. The van der Waals surface area contributed by atoms with Crippen LogP contribution in [-0.2, 0) is 24.8 Å². The fourth-order valence-electron chi connectivity index (χ4n) is 12.7. The average Bonchev–Trinajstić information content (AvgIpc) is 1.39. The molecule has 17 aromatic rings. The normalized spacial score (nSPS) is 10.8. The Morgan fingerprint density at radius 1 is 0.297 bits per heavy atom. The van der Waals surface area contributed by atoms with E-state index in [2.05, 4.69) is 186 Å². The van der Waals surface area contributed by atoms with Gasteiger partial charge in [-0.25, -0.2) is 22.0 Å². The van der Waals surface area contributed by atoms with Crippen molar-refractivity contribution in [3.63, 3.8) is 0 Å². The van der Waals surface area contributed by atoms with E-state index in [4.69, 9.17) is 92.8 Å². The monoisotopic (exact) mass is 2170 g/mol. The summed E-state index contributed by atoms with van der Waals surface area (Å²) in [5, 5.41) is 7.04. The first-order valence-corrected chi connectivity index (χ1v) is 49.3. The maximum Gasteiger partial charge on any atom is 0.416 e. The molecule has 0 atom stereocenters. The number of fused-ring (bicyclic) bond motifs is 4. The van der Waals surface area contributed by atoms with Gasteiger partial charge in [-0.3, -0.25) is 4.99 Å². The van der Waals surface area contributed by atoms with Gasteiger partial charge in [0.1, 0.15) is 23.2 Å². The highest BCUT2D eigenvalue weighted by Gasteiger charge is 2.33. The van der Waals surface area contributed by atoms with Gasteiger partial charge in [0, 0.05) is 86.2 Å². The molecule has 0 saturated heterocycles. The van der Waals surface area contributed by atoms with Gasteiger partial charge in [-0.05, 0) is 377 Å². The Hall–Kier alpha value is -11.0. The van der Waals surface area contributed by atoms with Crippen LogP contribution in [0.2, 0.25) is 40.2 Å². The fraction of sp³-hybridized carbons (Fsp3) is 0.235. The number of halogens is 21. The summed E-state index contributed by atoms with van der Waals surface area (Å²) in [4.78, 5) is 4.17. The summed E-state index contributed by atoms with van der Waals surface area (Å²) in [6.45, 7) is 41.4. The first-order valence-electron chi connectivity index (χ1n) is 45.4. The molecule has 145 heavy (non-hydrogen) atoms. The van der Waals surface area contributed by atoms with Crippen molar-refractivity contribution >= 4 is 131 Å². The van der Waals surface area contributed by atoms with E-state index in [-0.39, 0.29) is 65.0 Å². The molecule has 0 saturated carbocycles. The highest BCUT2D eigenvalue weighted by molar-refractivity contribution is 7.17. The lowest BCUT2D eigenvalue weighted by Gasteiger charge is -2.14. The minimum Gasteiger partial charge on any atom is -0.431 e. The summed E-state index contributed by atoms with van der Waals surface area (Å²) < 4.78 is 172. The maximum absolute atomic E-state index is 12.9. The van der Waals surface area contributed by atoms with Crippen LogP contribution in [0.4, 0.5) is 57.1 Å². The van der Waals surface area contributed by atoms with E-state index in [1.165, 1.54) is 121 Å². The van der Waals surface area contributed by atoms with Gasteiger partial charge in [0.05, 0.1) is 37.8 Å². The summed E-state index contributed by atoms with van der Waals surface area (Å²) in [5.74, 6) is -3.78. The van der Waals surface area contributed by atoms with E-state index < -0.39 is 35.5 Å². The second kappa shape index (κ2) is 59.1. The molecular formula is C119H120Cl8F13N3OS. The maximum atomic E-state index is 12.9. The molecule has 770 valence electrons. The Balaban J connectivity index is 0.000000275. The first kappa shape index (κ1) is 124. The van der Waals surface area contributed by atoms with Crippen LogP contribution in [0.3, 0.4) is 0 Å². The van der Waals surface area contributed by atoms with Gasteiger partial charge >= 0.3 is 18.5 Å². The topological polar surface area (TPSA) is 30.4 Å². The number of ether oxygens (including phenoxy) is 1. The number of nitrogens with zero attached hydrogens (tertiary/aromatic N) is 3. The van der Waals surface area contributed by atoms with Gasteiger partial charge in [-0.2, -0.15) is 35.1 Å². The van der Waals surface area contributed by atoms with Crippen molar-refractivity contribution in [2.75, 3.05) is 0 Å². The number of hydrogen-bond donors (Lipinski definition) is 0. The Labute approximate surface area is 889 Å². The molecule has 26 heteroatoms. The summed E-state index contributed by atoms with van der Waals surface area (Å²) >= 11 is 47.2. The Bertz CT molecular complexity index is 6590. The van der Waals surface area contributed by atoms with Crippen molar-refractivity contribution in [2.45, 2.75) is 190 Å². The van der Waals surface area contributed by atoms with E-state index in [1.807, 2.05) is 98.0 Å². The quantitative estimate of drug-likeness (QED) is 0.162. The number of aliphatic imine (C=N–C) groups is 1. The molecule has 1 aliphatic heterocycles. The van der Waals surface area contributed by atoms with E-state index in [1.54, 1.807) is 127 Å². The standard InChI is InChI=1S/C9H9ClF2O.C9H9ClF2.2C9H9F3.3C9H9N.C9H8S.2C8H8ClF.3C8H9Cl.C7H6ClF/c1-6-3-4-8(7(10)5-6)13-9(2,11)12;1-6-3-4-7(8(10)5-6)9(2,11)12;2*1-6-3-4-7(2)8(5-6)9(10,11)12;1-7-2-3-8-5-10-6-9(8)4-7;1-8-4-5-9-3-2-6-10(9)7-8;1-8-4-6-10-5-2-3-9(10)7-8;1-7-2-3-8-4-5-10-9(8)6-7;2*1-5-3-4-6(2)8(10)7(5)9;3*1-6-3-4-7(2)8(9)5-6;1-5-3-2-4-6(8)7(5)9/h3-5H,1-2H3;3*3-5H,1-2H3;2-4,6H,5H2,1H3;2*2-7H,1H3;2-6H,1H3;2*3-4H,1-2H3;3*3-5H,1-2H3;2-4H,1H3. The summed E-state index contributed by atoms with van der Waals surface area (Å²) in [6, 6.07) is 79.9. The third kappa shape index (κ3) is 44.3. The molecule has 0 spiro atoms. The molecule has 18 rings (SSSR count). The van der Waals surface area contributed by atoms with Crippen LogP contribution in [0.5, 0.6) is 5.75 Å². The van der Waals surface area contributed by atoms with Crippen LogP contribution in [-0.4, -0.2) is 21.1 Å². The van der Waals surface area contributed by atoms with Gasteiger partial charge in [-0.15, -0.1) is 11.3 Å². The van der Waals surface area contributed by atoms with Crippen molar-refractivity contribution in [1.29, 1.82) is 0 Å². The summed E-state index contributed by atoms with van der Waals surface area (Å²) in [6.07, 6.45) is -1.40. The summed E-state index contributed by atoms with van der Waals surface area (Å²) in [5.41, 5.74) is 23.2. The lowest BCUT2D eigenvalue weighted by Crippen LogP contribution is -2.19. The van der Waals surface area contributed by atoms with Crippen LogP contribution in [0.1, 0.15) is 158 Å². The zero-order valence-corrected chi connectivity index (χ0v) is 92.0. The number of benzene rings is 12. The SMILES string of the molecule is Cc1ccc(C(C)(F)F)c(Cl)c1.Cc1ccc(C)c(C(F)(F)F)c1.Cc1ccc(C)c(C(F)(F)F)c1.Cc1ccc(C)c(Cl)c1.Cc1ccc(C)c(Cl)c1.Cc1ccc(C)c(Cl)c1.Cc1ccc(C)c(Cl)c1F.Cc1ccc(C)c(Cl)c1F.Cc1ccc(OC(C)(F)F)c(Cl)c1.Cc1ccc2c(c1)C=NC2.Cc1ccc2cccn2c1.Cc1ccc2ccsc2c1.Cc1cccc(Cl)c1F.Cc1ccn2cccc2c1. The molecule has 4 nitrogen and oxygen atoms in total. The molecule has 12 aromatic carbocycles. The smallest absolute Gasteiger partial charge is 0.416 e. The molecule has 0 amide bonds. The number of thiophene rings is 1. The zero-order chi connectivity index (χ0) is 109. The minimum absolute atomic E-state index is 0.000216. The zero-order valence-electron chi connectivity index (χ0n) is 85.1. The highest BCUT2D eigenvalue weighted by Crippen LogP contribution is 2.37. The Kier molecular flexibility index (Phi) is 50.7. The van der Waals surface area contributed by atoms with Gasteiger partial charge in [0.25, 0.3) is 5.92 Å². The summed E-state index contributed by atoms with van der Waals surface area (Å²) in [7, 11) is 0. The van der Waals surface area contributed by atoms with Gasteiger partial charge in [-0.1, -0.05) is 261 Å². The van der Waals surface area contributed by atoms with E-state index in [0.29, 0.717) is 34.7 Å². The molecule has 0 unspecified atom stereocenters. The van der Waals surface area contributed by atoms with Crippen molar-refractivity contribution in [3.8, 4) is 5.75 Å². The Morgan fingerprint density at radius 2 is 0.676 bits per heavy atom. The lowest BCUT2D eigenvalue weighted by molar-refractivity contribution is -0.159. The first-order chi connectivity index (χ1) is 67.6. The van der Waals surface area contributed by atoms with E-state index in [9.17, 15) is 57.1 Å². The largest absolute Gasteiger partial charge is 0.431 e. The third-order valence-electron chi connectivity index (χ3n) is 21.2. The van der Waals surface area contributed by atoms with E-state index >= 15 is 0 Å². The van der Waals surface area contributed by atoms with Crippen LogP contribution < -0.4 is 4.74 Å². The molecule has 1 aliphatic rings. The number of aromatic nitrogens is 2. The molecule has 0 N–H and O–H groups in total. The molecule has 6 heterocycles. The second-order valence-electron chi connectivity index (χ2n) is 34.9. The van der Waals surface area contributed by atoms with Gasteiger partial charge < -0.3 is 13.5 Å². The molecular weight excluding hydrogens is 2050 g/mol. The number of pyridine rings is 2. The molecule has 0 bridgehead atoms. The number of hydrogen-bond acceptors (Lipinski definition) is 3. The van der Waals surface area contributed by atoms with Gasteiger partial charge in [0.2, 0.25) is 0 Å². The minimum atomic E-state index is -4.23. The van der Waals surface area contributed by atoms with Crippen LogP contribution in [0.15, 0.2) is 296 Å². The van der Waals surface area contributed by atoms with Crippen molar-refractivity contribution < 1.29 is 61.8 Å². The lowest BCUT2D eigenvalue weighted by atomic mass is 10.1. The molecule has 5 aromatic heterocycles. The third-order valence-corrected chi connectivity index (χ3v) is 25.1. The molecule has 0 fully saturated rings. The fourth-order valence-corrected chi connectivity index (χ4v) is 15.6. The highest BCUT2D eigenvalue weighted by atomic mass is 35.5. The van der Waals surface area contributed by atoms with Crippen LogP contribution in [0.25, 0.3) is 21.1 Å². The van der Waals surface area contributed by atoms with Crippen molar-refractivity contribution in [2.24, 2.45) is 4.99 Å². The average molecular weight is 2170 g/mol. The molecule has 0 aliphatic carbocycles. The van der Waals surface area contributed by atoms with Crippen molar-refractivity contribution in [1.82, 2.24) is 8.80 Å². The Morgan fingerprint density at radius 3 is 1.10 bits per heavy atom. The van der Waals surface area contributed by atoms with Gasteiger partial charge in [0.15, 0.2) is 0 Å². The van der Waals surface area contributed by atoms with Crippen molar-refractivity contribution in [3.05, 3.63) is 493 Å². The number of aryl methyl sites for hydroxylation is 21.